The largest absolute Gasteiger partial charge is 0.438 e. The summed E-state index contributed by atoms with van der Waals surface area (Å²) >= 11 is 0. The minimum absolute atomic E-state index is 0.274. The number of aryl methyl sites for hydroxylation is 1. The highest BCUT2D eigenvalue weighted by molar-refractivity contribution is 5.91. The third-order valence-electron chi connectivity index (χ3n) is 3.88. The molecule has 0 saturated carbocycles. The number of benzene rings is 2. The fourth-order valence-electron chi connectivity index (χ4n) is 2.77. The first kappa shape index (κ1) is 13.5. The van der Waals surface area contributed by atoms with Crippen molar-refractivity contribution in [1.82, 2.24) is 9.55 Å². The van der Waals surface area contributed by atoms with Gasteiger partial charge < -0.3 is 8.98 Å². The molecule has 4 aromatic rings. The molecule has 0 aliphatic rings. The van der Waals surface area contributed by atoms with Crippen LogP contribution < -0.4 is 5.56 Å². The SMILES string of the molecule is Cn1cc(/C=C/c2nc(=O)c3ccccc3o2)c2ccccc21. The summed E-state index contributed by atoms with van der Waals surface area (Å²) in [6.45, 7) is 0. The fourth-order valence-corrected chi connectivity index (χ4v) is 2.77. The molecule has 2 aromatic carbocycles. The van der Waals surface area contributed by atoms with Crippen LogP contribution >= 0.6 is 0 Å². The average molecular weight is 302 g/mol. The van der Waals surface area contributed by atoms with E-state index in [0.29, 0.717) is 16.9 Å². The van der Waals surface area contributed by atoms with E-state index in [1.165, 1.54) is 0 Å². The van der Waals surface area contributed by atoms with Crippen molar-refractivity contribution in [3.63, 3.8) is 0 Å². The van der Waals surface area contributed by atoms with E-state index in [4.69, 9.17) is 4.42 Å². The van der Waals surface area contributed by atoms with Gasteiger partial charge in [-0.05, 0) is 24.3 Å². The van der Waals surface area contributed by atoms with Crippen LogP contribution in [0.3, 0.4) is 0 Å². The maximum Gasteiger partial charge on any atom is 0.284 e. The van der Waals surface area contributed by atoms with Gasteiger partial charge >= 0.3 is 0 Å². The van der Waals surface area contributed by atoms with Gasteiger partial charge in [0.05, 0.1) is 5.39 Å². The van der Waals surface area contributed by atoms with Crippen molar-refractivity contribution in [3.05, 3.63) is 76.5 Å². The van der Waals surface area contributed by atoms with Crippen molar-refractivity contribution in [2.45, 2.75) is 0 Å². The van der Waals surface area contributed by atoms with Crippen molar-refractivity contribution < 1.29 is 4.42 Å². The lowest BCUT2D eigenvalue weighted by atomic mass is 10.1. The molecule has 0 aliphatic carbocycles. The van der Waals surface area contributed by atoms with Crippen LogP contribution in [-0.2, 0) is 7.05 Å². The van der Waals surface area contributed by atoms with Crippen LogP contribution in [0.2, 0.25) is 0 Å². The molecule has 4 heteroatoms. The van der Waals surface area contributed by atoms with Gasteiger partial charge in [0.1, 0.15) is 5.58 Å². The van der Waals surface area contributed by atoms with E-state index in [1.54, 1.807) is 24.3 Å². The van der Waals surface area contributed by atoms with Gasteiger partial charge in [-0.25, -0.2) is 0 Å². The van der Waals surface area contributed by atoms with Crippen LogP contribution in [0.25, 0.3) is 34.0 Å². The van der Waals surface area contributed by atoms with E-state index in [1.807, 2.05) is 37.5 Å². The molecular weight excluding hydrogens is 288 g/mol. The molecule has 0 atom stereocenters. The highest BCUT2D eigenvalue weighted by Gasteiger charge is 2.05. The number of hydrogen-bond acceptors (Lipinski definition) is 3. The highest BCUT2D eigenvalue weighted by Crippen LogP contribution is 2.22. The Balaban J connectivity index is 1.80. The zero-order chi connectivity index (χ0) is 15.8. The Labute approximate surface area is 132 Å². The maximum absolute atomic E-state index is 12.0. The Morgan fingerprint density at radius 3 is 2.61 bits per heavy atom. The third-order valence-corrected chi connectivity index (χ3v) is 3.88. The molecule has 2 heterocycles. The quantitative estimate of drug-likeness (QED) is 0.565. The third kappa shape index (κ3) is 2.34. The van der Waals surface area contributed by atoms with Crippen molar-refractivity contribution in [1.29, 1.82) is 0 Å². The molecule has 112 valence electrons. The predicted molar refractivity (Wildman–Crippen MR) is 92.1 cm³/mol. The number of fused-ring (bicyclic) bond motifs is 2. The van der Waals surface area contributed by atoms with E-state index in [0.717, 1.165) is 16.5 Å². The van der Waals surface area contributed by atoms with E-state index in [-0.39, 0.29) is 5.56 Å². The van der Waals surface area contributed by atoms with Crippen molar-refractivity contribution in [2.24, 2.45) is 7.05 Å². The van der Waals surface area contributed by atoms with Crippen molar-refractivity contribution in [2.75, 3.05) is 0 Å². The van der Waals surface area contributed by atoms with E-state index < -0.39 is 0 Å². The Bertz CT molecular complexity index is 1100. The number of para-hydroxylation sites is 2. The first-order valence-electron chi connectivity index (χ1n) is 7.34. The van der Waals surface area contributed by atoms with Crippen LogP contribution in [0.5, 0.6) is 0 Å². The zero-order valence-electron chi connectivity index (χ0n) is 12.6. The van der Waals surface area contributed by atoms with E-state index >= 15 is 0 Å². The summed E-state index contributed by atoms with van der Waals surface area (Å²) in [5, 5.41) is 1.64. The Hall–Kier alpha value is -3.14. The summed E-state index contributed by atoms with van der Waals surface area (Å²) in [6.07, 6.45) is 5.69. The molecule has 4 nitrogen and oxygen atoms in total. The number of hydrogen-bond donors (Lipinski definition) is 0. The molecule has 0 N–H and O–H groups in total. The minimum Gasteiger partial charge on any atom is -0.438 e. The normalized spacial score (nSPS) is 11.7. The molecule has 0 fully saturated rings. The predicted octanol–water partition coefficient (Wildman–Crippen LogP) is 3.85. The Kier molecular flexibility index (Phi) is 3.08. The molecular formula is C19H14N2O2. The summed E-state index contributed by atoms with van der Waals surface area (Å²) in [4.78, 5) is 16.0. The summed E-state index contributed by atoms with van der Waals surface area (Å²) in [6, 6.07) is 15.3. The topological polar surface area (TPSA) is 48.0 Å². The van der Waals surface area contributed by atoms with Gasteiger partial charge in [0.2, 0.25) is 5.89 Å². The monoisotopic (exact) mass is 302 g/mol. The van der Waals surface area contributed by atoms with E-state index in [2.05, 4.69) is 21.7 Å². The molecule has 0 radical (unpaired) electrons. The van der Waals surface area contributed by atoms with Gasteiger partial charge in [-0.2, -0.15) is 4.98 Å². The van der Waals surface area contributed by atoms with Crippen LogP contribution in [0.4, 0.5) is 0 Å². The number of nitrogens with zero attached hydrogens (tertiary/aromatic N) is 2. The minimum atomic E-state index is -0.274. The molecule has 0 aliphatic heterocycles. The maximum atomic E-state index is 12.0. The van der Waals surface area contributed by atoms with E-state index in [9.17, 15) is 4.79 Å². The summed E-state index contributed by atoms with van der Waals surface area (Å²) in [5.74, 6) is 0.307. The van der Waals surface area contributed by atoms with Gasteiger partial charge in [-0.1, -0.05) is 30.3 Å². The number of rotatable bonds is 2. The Morgan fingerprint density at radius 2 is 1.74 bits per heavy atom. The highest BCUT2D eigenvalue weighted by atomic mass is 16.3. The standard InChI is InChI=1S/C19H14N2O2/c1-21-12-13(14-6-2-4-8-16(14)21)10-11-18-20-19(22)15-7-3-5-9-17(15)23-18/h2-12H,1H3/b11-10+. The van der Waals surface area contributed by atoms with Crippen LogP contribution in [0.15, 0.2) is 63.9 Å². The van der Waals surface area contributed by atoms with Gasteiger partial charge in [-0.15, -0.1) is 0 Å². The lowest BCUT2D eigenvalue weighted by molar-refractivity contribution is 0.563. The van der Waals surface area contributed by atoms with Crippen LogP contribution in [-0.4, -0.2) is 9.55 Å². The van der Waals surface area contributed by atoms with Gasteiger partial charge in [0, 0.05) is 35.8 Å². The second kappa shape index (κ2) is 5.25. The summed E-state index contributed by atoms with van der Waals surface area (Å²) in [7, 11) is 2.01. The number of aromatic nitrogens is 2. The molecule has 2 aromatic heterocycles. The van der Waals surface area contributed by atoms with Crippen molar-refractivity contribution in [3.8, 4) is 0 Å². The molecule has 0 spiro atoms. The first-order valence-corrected chi connectivity index (χ1v) is 7.34. The molecule has 4 rings (SSSR count). The molecule has 23 heavy (non-hydrogen) atoms. The molecule has 0 amide bonds. The van der Waals surface area contributed by atoms with Gasteiger partial charge in [0.15, 0.2) is 0 Å². The first-order chi connectivity index (χ1) is 11.2. The lowest BCUT2D eigenvalue weighted by Gasteiger charge is -1.97. The van der Waals surface area contributed by atoms with Crippen LogP contribution in [0, 0.1) is 0 Å². The van der Waals surface area contributed by atoms with Gasteiger partial charge in [0.25, 0.3) is 5.56 Å². The molecule has 0 unspecified atom stereocenters. The zero-order valence-corrected chi connectivity index (χ0v) is 12.6. The fraction of sp³-hybridized carbons (Fsp3) is 0.0526. The summed E-state index contributed by atoms with van der Waals surface area (Å²) < 4.78 is 7.75. The summed E-state index contributed by atoms with van der Waals surface area (Å²) in [5.41, 5.74) is 2.48. The van der Waals surface area contributed by atoms with Gasteiger partial charge in [-0.3, -0.25) is 4.79 Å². The average Bonchev–Trinajstić information content (AvgIpc) is 2.90. The second-order valence-corrected chi connectivity index (χ2v) is 5.40. The van der Waals surface area contributed by atoms with Crippen LogP contribution in [0.1, 0.15) is 11.5 Å². The second-order valence-electron chi connectivity index (χ2n) is 5.40. The lowest BCUT2D eigenvalue weighted by Crippen LogP contribution is -2.06. The molecule has 0 bridgehead atoms. The molecule has 0 saturated heterocycles. The smallest absolute Gasteiger partial charge is 0.284 e. The Morgan fingerprint density at radius 1 is 1.00 bits per heavy atom. The van der Waals surface area contributed by atoms with Crippen molar-refractivity contribution >= 4 is 34.0 Å².